The first-order chi connectivity index (χ1) is 14.0. The number of methoxy groups -OCH3 is 1. The average molecular weight is 410 g/mol. The van der Waals surface area contributed by atoms with E-state index in [1.807, 2.05) is 62.4 Å². The van der Waals surface area contributed by atoms with Crippen LogP contribution in [0.25, 0.3) is 11.3 Å². The van der Waals surface area contributed by atoms with E-state index in [0.717, 1.165) is 21.6 Å². The fourth-order valence-corrected chi connectivity index (χ4v) is 3.86. The van der Waals surface area contributed by atoms with Crippen LogP contribution in [0.4, 0.5) is 5.13 Å². The number of aromatic nitrogens is 1. The summed E-state index contributed by atoms with van der Waals surface area (Å²) in [4.78, 5) is 29.4. The quantitative estimate of drug-likeness (QED) is 0.592. The van der Waals surface area contributed by atoms with Crippen LogP contribution in [0.2, 0.25) is 0 Å². The van der Waals surface area contributed by atoms with Crippen molar-refractivity contribution in [3.05, 3.63) is 64.5 Å². The first-order valence-electron chi connectivity index (χ1n) is 9.08. The Kier molecular flexibility index (Phi) is 6.61. The summed E-state index contributed by atoms with van der Waals surface area (Å²) in [6.45, 7) is 3.75. The molecule has 3 aromatic rings. The van der Waals surface area contributed by atoms with Gasteiger partial charge in [0.2, 0.25) is 0 Å². The third kappa shape index (κ3) is 5.20. The lowest BCUT2D eigenvalue weighted by atomic mass is 10.1. The van der Waals surface area contributed by atoms with Crippen molar-refractivity contribution in [2.45, 2.75) is 20.3 Å². The van der Waals surface area contributed by atoms with Crippen LogP contribution in [0, 0.1) is 13.8 Å². The molecule has 0 spiro atoms. The molecule has 0 fully saturated rings. The topological polar surface area (TPSA) is 77.5 Å². The second-order valence-electron chi connectivity index (χ2n) is 6.47. The van der Waals surface area contributed by atoms with Gasteiger partial charge in [-0.25, -0.2) is 4.98 Å². The summed E-state index contributed by atoms with van der Waals surface area (Å²) < 4.78 is 10.5. The molecule has 7 heteroatoms. The predicted molar refractivity (Wildman–Crippen MR) is 113 cm³/mol. The van der Waals surface area contributed by atoms with E-state index < -0.39 is 0 Å². The Morgan fingerprint density at radius 1 is 1.03 bits per heavy atom. The Bertz CT molecular complexity index is 995. The third-order valence-corrected chi connectivity index (χ3v) is 5.25. The van der Waals surface area contributed by atoms with Crippen LogP contribution in [0.3, 0.4) is 0 Å². The highest BCUT2D eigenvalue weighted by Crippen LogP contribution is 2.32. The van der Waals surface area contributed by atoms with Crippen molar-refractivity contribution >= 4 is 28.3 Å². The number of nitrogens with zero attached hydrogens (tertiary/aromatic N) is 1. The van der Waals surface area contributed by atoms with Gasteiger partial charge in [-0.1, -0.05) is 48.5 Å². The summed E-state index contributed by atoms with van der Waals surface area (Å²) in [6.07, 6.45) is 0.0904. The molecule has 0 saturated carbocycles. The van der Waals surface area contributed by atoms with Gasteiger partial charge in [0.1, 0.15) is 5.75 Å². The van der Waals surface area contributed by atoms with Crippen LogP contribution in [-0.4, -0.2) is 30.6 Å². The van der Waals surface area contributed by atoms with Gasteiger partial charge in [-0.3, -0.25) is 14.9 Å². The number of benzene rings is 2. The Morgan fingerprint density at radius 3 is 2.38 bits per heavy atom. The third-order valence-electron chi connectivity index (χ3n) is 4.28. The number of esters is 1. The molecule has 0 unspecified atom stereocenters. The number of anilines is 1. The van der Waals surface area contributed by atoms with E-state index in [2.05, 4.69) is 10.3 Å². The van der Waals surface area contributed by atoms with Crippen molar-refractivity contribution in [3.8, 4) is 17.0 Å². The number of hydrogen-bond acceptors (Lipinski definition) is 6. The second-order valence-corrected chi connectivity index (χ2v) is 7.55. The molecule has 1 amide bonds. The Balaban J connectivity index is 1.74. The fourth-order valence-electron chi connectivity index (χ4n) is 2.87. The number of para-hydroxylation sites is 1. The minimum absolute atomic E-state index is 0.0904. The summed E-state index contributed by atoms with van der Waals surface area (Å²) in [5.74, 6) is 0.0332. The zero-order valence-corrected chi connectivity index (χ0v) is 17.3. The number of hydrogen-bond donors (Lipinski definition) is 1. The maximum atomic E-state index is 12.4. The molecule has 0 aliphatic heterocycles. The molecular weight excluding hydrogens is 388 g/mol. The van der Waals surface area contributed by atoms with E-state index in [9.17, 15) is 9.59 Å². The van der Waals surface area contributed by atoms with Gasteiger partial charge >= 0.3 is 5.97 Å². The number of amides is 1. The highest BCUT2D eigenvalue weighted by Gasteiger charge is 2.18. The molecule has 0 aliphatic carbocycles. The molecule has 1 N–H and O–H groups in total. The van der Waals surface area contributed by atoms with Crippen molar-refractivity contribution in [2.75, 3.05) is 19.0 Å². The minimum Gasteiger partial charge on any atom is -0.483 e. The zero-order chi connectivity index (χ0) is 20.8. The van der Waals surface area contributed by atoms with Crippen LogP contribution >= 0.6 is 11.3 Å². The number of ether oxygens (including phenoxy) is 2. The lowest BCUT2D eigenvalue weighted by Gasteiger charge is -2.11. The number of rotatable bonds is 7. The minimum atomic E-state index is -0.359. The van der Waals surface area contributed by atoms with E-state index >= 15 is 0 Å². The lowest BCUT2D eigenvalue weighted by molar-refractivity contribution is -0.139. The smallest absolute Gasteiger partial charge is 0.310 e. The predicted octanol–water partition coefficient (Wildman–Crippen LogP) is 4.16. The number of carbonyl (C=O) groups is 2. The zero-order valence-electron chi connectivity index (χ0n) is 16.5. The normalized spacial score (nSPS) is 10.4. The van der Waals surface area contributed by atoms with Crippen molar-refractivity contribution in [3.63, 3.8) is 0 Å². The highest BCUT2D eigenvalue weighted by atomic mass is 32.1. The summed E-state index contributed by atoms with van der Waals surface area (Å²) in [5, 5.41) is 3.18. The van der Waals surface area contributed by atoms with Gasteiger partial charge in [-0.15, -0.1) is 11.3 Å². The number of thiazole rings is 1. The Hall–Kier alpha value is -3.19. The first kappa shape index (κ1) is 20.5. The van der Waals surface area contributed by atoms with Crippen molar-refractivity contribution < 1.29 is 19.1 Å². The SMILES string of the molecule is COC(=O)Cc1sc(NC(=O)COc2c(C)cccc2C)nc1-c1ccccc1. The van der Waals surface area contributed by atoms with Crippen molar-refractivity contribution in [1.29, 1.82) is 0 Å². The van der Waals surface area contributed by atoms with Crippen LogP contribution in [0.1, 0.15) is 16.0 Å². The molecule has 0 aliphatic rings. The molecule has 1 heterocycles. The molecule has 0 bridgehead atoms. The van der Waals surface area contributed by atoms with Gasteiger partial charge in [0.15, 0.2) is 11.7 Å². The molecule has 0 atom stereocenters. The maximum absolute atomic E-state index is 12.4. The van der Waals surface area contributed by atoms with Gasteiger partial charge in [0.05, 0.1) is 19.2 Å². The fraction of sp³-hybridized carbons (Fsp3) is 0.227. The second kappa shape index (κ2) is 9.34. The average Bonchev–Trinajstić information content (AvgIpc) is 3.10. The van der Waals surface area contributed by atoms with Crippen LogP contribution in [0.15, 0.2) is 48.5 Å². The van der Waals surface area contributed by atoms with Crippen LogP contribution < -0.4 is 10.1 Å². The summed E-state index contributed by atoms with van der Waals surface area (Å²) in [5.41, 5.74) is 3.47. The van der Waals surface area contributed by atoms with E-state index in [-0.39, 0.29) is 24.9 Å². The molecule has 2 aromatic carbocycles. The first-order valence-corrected chi connectivity index (χ1v) is 9.90. The lowest BCUT2D eigenvalue weighted by Crippen LogP contribution is -2.20. The molecule has 0 radical (unpaired) electrons. The number of aryl methyl sites for hydroxylation is 2. The monoisotopic (exact) mass is 410 g/mol. The van der Waals surface area contributed by atoms with Crippen LogP contribution in [0.5, 0.6) is 5.75 Å². The molecule has 150 valence electrons. The standard InChI is InChI=1S/C22H22N2O4S/c1-14-8-7-9-15(2)21(14)28-13-18(25)23-22-24-20(16-10-5-4-6-11-16)17(29-22)12-19(26)27-3/h4-11H,12-13H2,1-3H3,(H,23,24,25). The van der Waals surface area contributed by atoms with Gasteiger partial charge in [-0.05, 0) is 25.0 Å². The molecular formula is C22H22N2O4S. The highest BCUT2D eigenvalue weighted by molar-refractivity contribution is 7.16. The van der Waals surface area contributed by atoms with E-state index in [1.165, 1.54) is 18.4 Å². The summed E-state index contributed by atoms with van der Waals surface area (Å²) >= 11 is 1.25. The van der Waals surface area contributed by atoms with E-state index in [1.54, 1.807) is 0 Å². The van der Waals surface area contributed by atoms with Gasteiger partial charge < -0.3 is 9.47 Å². The van der Waals surface area contributed by atoms with Gasteiger partial charge in [-0.2, -0.15) is 0 Å². The van der Waals surface area contributed by atoms with Crippen LogP contribution in [-0.2, 0) is 20.7 Å². The molecule has 29 heavy (non-hydrogen) atoms. The summed E-state index contributed by atoms with van der Waals surface area (Å²) in [6, 6.07) is 15.3. The number of nitrogens with one attached hydrogen (secondary N) is 1. The molecule has 6 nitrogen and oxygen atoms in total. The molecule has 0 saturated heterocycles. The number of carbonyl (C=O) groups excluding carboxylic acids is 2. The summed E-state index contributed by atoms with van der Waals surface area (Å²) in [7, 11) is 1.35. The maximum Gasteiger partial charge on any atom is 0.310 e. The van der Waals surface area contributed by atoms with Gasteiger partial charge in [0, 0.05) is 10.4 Å². The van der Waals surface area contributed by atoms with Gasteiger partial charge in [0.25, 0.3) is 5.91 Å². The van der Waals surface area contributed by atoms with E-state index in [4.69, 9.17) is 9.47 Å². The molecule has 3 rings (SSSR count). The largest absolute Gasteiger partial charge is 0.483 e. The Labute approximate surface area is 173 Å². The molecule has 1 aromatic heterocycles. The van der Waals surface area contributed by atoms with E-state index in [0.29, 0.717) is 16.6 Å². The van der Waals surface area contributed by atoms with Crippen molar-refractivity contribution in [1.82, 2.24) is 4.98 Å². The van der Waals surface area contributed by atoms with Crippen molar-refractivity contribution in [2.24, 2.45) is 0 Å². The Morgan fingerprint density at radius 2 is 1.72 bits per heavy atom.